The summed E-state index contributed by atoms with van der Waals surface area (Å²) in [5.74, 6) is 6.19. The number of anilines is 1. The summed E-state index contributed by atoms with van der Waals surface area (Å²) < 4.78 is 0. The van der Waals surface area contributed by atoms with Gasteiger partial charge >= 0.3 is 0 Å². The van der Waals surface area contributed by atoms with Crippen molar-refractivity contribution < 1.29 is 0 Å². The minimum atomic E-state index is 0.709. The van der Waals surface area contributed by atoms with E-state index in [1.807, 2.05) is 48.5 Å². The highest BCUT2D eigenvalue weighted by molar-refractivity contribution is 5.81. The van der Waals surface area contributed by atoms with Gasteiger partial charge in [-0.2, -0.15) is 0 Å². The van der Waals surface area contributed by atoms with Gasteiger partial charge in [-0.3, -0.25) is 0 Å². The van der Waals surface area contributed by atoms with Crippen LogP contribution in [0, 0.1) is 11.8 Å². The van der Waals surface area contributed by atoms with E-state index in [-0.39, 0.29) is 0 Å². The summed E-state index contributed by atoms with van der Waals surface area (Å²) in [7, 11) is 0. The van der Waals surface area contributed by atoms with Crippen LogP contribution in [-0.2, 0) is 0 Å². The lowest BCUT2D eigenvalue weighted by Crippen LogP contribution is -1.88. The van der Waals surface area contributed by atoms with Crippen molar-refractivity contribution in [3.8, 4) is 11.8 Å². The highest BCUT2D eigenvalue weighted by atomic mass is 14.7. The lowest BCUT2D eigenvalue weighted by molar-refractivity contribution is 1.42. The average Bonchev–Trinajstić information content (AvgIpc) is 2.80. The molecule has 1 aromatic heterocycles. The third-order valence-electron chi connectivity index (χ3n) is 2.82. The van der Waals surface area contributed by atoms with Gasteiger partial charge in [0.2, 0.25) is 0 Å². The molecule has 0 aliphatic carbocycles. The molecule has 2 nitrogen and oxygen atoms in total. The molecule has 0 aliphatic rings. The zero-order chi connectivity index (χ0) is 12.4. The Morgan fingerprint density at radius 3 is 2.50 bits per heavy atom. The molecule has 2 heteroatoms. The Bertz CT molecular complexity index is 724. The minimum Gasteiger partial charge on any atom is -0.398 e. The van der Waals surface area contributed by atoms with Crippen molar-refractivity contribution in [1.82, 2.24) is 4.98 Å². The standard InChI is InChI=1S/C16H12N2/c17-15-7-3-1-5-12(15)9-10-14-11-13-6-2-4-8-16(13)18-14/h1-8,11,18H,17H2. The maximum absolute atomic E-state index is 5.85. The second-order valence-electron chi connectivity index (χ2n) is 4.11. The monoisotopic (exact) mass is 232 g/mol. The fourth-order valence-corrected chi connectivity index (χ4v) is 1.89. The normalized spacial score (nSPS) is 10.0. The average molecular weight is 232 g/mol. The third kappa shape index (κ3) is 1.94. The smallest absolute Gasteiger partial charge is 0.0908 e. The second kappa shape index (κ2) is 4.31. The number of nitrogens with one attached hydrogen (secondary N) is 1. The molecule has 86 valence electrons. The fourth-order valence-electron chi connectivity index (χ4n) is 1.89. The topological polar surface area (TPSA) is 41.8 Å². The van der Waals surface area contributed by atoms with E-state index in [4.69, 9.17) is 5.73 Å². The maximum Gasteiger partial charge on any atom is 0.0908 e. The van der Waals surface area contributed by atoms with Gasteiger partial charge in [-0.25, -0.2) is 0 Å². The number of para-hydroxylation sites is 2. The lowest BCUT2D eigenvalue weighted by Gasteiger charge is -1.94. The molecular weight excluding hydrogens is 220 g/mol. The molecule has 0 radical (unpaired) electrons. The van der Waals surface area contributed by atoms with Crippen LogP contribution in [0.2, 0.25) is 0 Å². The van der Waals surface area contributed by atoms with E-state index in [1.165, 1.54) is 5.39 Å². The van der Waals surface area contributed by atoms with E-state index in [1.54, 1.807) is 0 Å². The van der Waals surface area contributed by atoms with Crippen molar-refractivity contribution in [3.05, 3.63) is 65.9 Å². The van der Waals surface area contributed by atoms with Crippen LogP contribution >= 0.6 is 0 Å². The first-order valence-corrected chi connectivity index (χ1v) is 5.77. The Hall–Kier alpha value is -2.66. The fraction of sp³-hybridized carbons (Fsp3) is 0. The molecule has 0 amide bonds. The number of rotatable bonds is 0. The van der Waals surface area contributed by atoms with Crippen molar-refractivity contribution in [3.63, 3.8) is 0 Å². The number of aromatic amines is 1. The molecule has 18 heavy (non-hydrogen) atoms. The first kappa shape index (κ1) is 10.5. The molecule has 2 aromatic carbocycles. The van der Waals surface area contributed by atoms with Crippen molar-refractivity contribution >= 4 is 16.6 Å². The van der Waals surface area contributed by atoms with E-state index < -0.39 is 0 Å². The first-order chi connectivity index (χ1) is 8.83. The van der Waals surface area contributed by atoms with Gasteiger partial charge in [0.15, 0.2) is 0 Å². The van der Waals surface area contributed by atoms with Crippen LogP contribution in [0.15, 0.2) is 54.6 Å². The number of hydrogen-bond donors (Lipinski definition) is 2. The molecular formula is C16H12N2. The molecule has 0 aliphatic heterocycles. The predicted molar refractivity (Wildman–Crippen MR) is 75.1 cm³/mol. The van der Waals surface area contributed by atoms with Gasteiger partial charge in [0.05, 0.1) is 5.69 Å². The van der Waals surface area contributed by atoms with Crippen LogP contribution in [0.1, 0.15) is 11.3 Å². The number of H-pyrrole nitrogens is 1. The number of fused-ring (bicyclic) bond motifs is 1. The Balaban J connectivity index is 2.00. The highest BCUT2D eigenvalue weighted by Gasteiger charge is 1.96. The van der Waals surface area contributed by atoms with E-state index >= 15 is 0 Å². The van der Waals surface area contributed by atoms with Gasteiger partial charge in [-0.1, -0.05) is 36.3 Å². The van der Waals surface area contributed by atoms with Gasteiger partial charge in [0.25, 0.3) is 0 Å². The van der Waals surface area contributed by atoms with Crippen LogP contribution in [0.3, 0.4) is 0 Å². The van der Waals surface area contributed by atoms with Gasteiger partial charge in [0, 0.05) is 22.2 Å². The quantitative estimate of drug-likeness (QED) is 0.453. The van der Waals surface area contributed by atoms with Crippen LogP contribution in [0.5, 0.6) is 0 Å². The summed E-state index contributed by atoms with van der Waals surface area (Å²) in [4.78, 5) is 3.27. The summed E-state index contributed by atoms with van der Waals surface area (Å²) in [5, 5.41) is 1.17. The van der Waals surface area contributed by atoms with Crippen molar-refractivity contribution in [2.24, 2.45) is 0 Å². The zero-order valence-corrected chi connectivity index (χ0v) is 9.77. The van der Waals surface area contributed by atoms with Crippen LogP contribution < -0.4 is 5.73 Å². The van der Waals surface area contributed by atoms with Crippen LogP contribution in [0.4, 0.5) is 5.69 Å². The molecule has 0 saturated heterocycles. The molecule has 1 heterocycles. The van der Waals surface area contributed by atoms with E-state index in [9.17, 15) is 0 Å². The first-order valence-electron chi connectivity index (χ1n) is 5.77. The summed E-state index contributed by atoms with van der Waals surface area (Å²) >= 11 is 0. The molecule has 0 spiro atoms. The predicted octanol–water partition coefficient (Wildman–Crippen LogP) is 3.15. The van der Waals surface area contributed by atoms with Crippen LogP contribution in [-0.4, -0.2) is 4.98 Å². The Labute approximate surface area is 105 Å². The maximum atomic E-state index is 5.85. The van der Waals surface area contributed by atoms with E-state index in [2.05, 4.69) is 22.9 Å². The van der Waals surface area contributed by atoms with E-state index in [0.717, 1.165) is 16.8 Å². The number of nitrogens with two attached hydrogens (primary N) is 1. The minimum absolute atomic E-state index is 0.709. The summed E-state index contributed by atoms with van der Waals surface area (Å²) in [6.45, 7) is 0. The van der Waals surface area contributed by atoms with Gasteiger partial charge < -0.3 is 10.7 Å². The SMILES string of the molecule is Nc1ccccc1C#Cc1cc2ccccc2[nH]1. The largest absolute Gasteiger partial charge is 0.398 e. The van der Waals surface area contributed by atoms with Crippen molar-refractivity contribution in [2.75, 3.05) is 5.73 Å². The van der Waals surface area contributed by atoms with Crippen molar-refractivity contribution in [1.29, 1.82) is 0 Å². The summed E-state index contributed by atoms with van der Waals surface area (Å²) in [5.41, 5.74) is 9.42. The molecule has 0 atom stereocenters. The van der Waals surface area contributed by atoms with Gasteiger partial charge in [-0.05, 0) is 30.2 Å². The molecule has 3 N–H and O–H groups in total. The summed E-state index contributed by atoms with van der Waals surface area (Å²) in [6, 6.07) is 17.8. The molecule has 0 saturated carbocycles. The molecule has 0 fully saturated rings. The Morgan fingerprint density at radius 2 is 1.67 bits per heavy atom. The van der Waals surface area contributed by atoms with E-state index in [0.29, 0.717) is 5.69 Å². The molecule has 0 bridgehead atoms. The van der Waals surface area contributed by atoms with Gasteiger partial charge in [-0.15, -0.1) is 0 Å². The van der Waals surface area contributed by atoms with Gasteiger partial charge in [0.1, 0.15) is 0 Å². The summed E-state index contributed by atoms with van der Waals surface area (Å²) in [6.07, 6.45) is 0. The molecule has 0 unspecified atom stereocenters. The molecule has 3 aromatic rings. The molecule has 3 rings (SSSR count). The second-order valence-corrected chi connectivity index (χ2v) is 4.11. The third-order valence-corrected chi connectivity index (χ3v) is 2.82. The number of benzene rings is 2. The highest BCUT2D eigenvalue weighted by Crippen LogP contribution is 2.14. The number of hydrogen-bond acceptors (Lipinski definition) is 1. The number of aromatic nitrogens is 1. The Kier molecular flexibility index (Phi) is 2.51. The van der Waals surface area contributed by atoms with Crippen molar-refractivity contribution in [2.45, 2.75) is 0 Å². The zero-order valence-electron chi connectivity index (χ0n) is 9.77. The number of nitrogen functional groups attached to an aromatic ring is 1. The Morgan fingerprint density at radius 1 is 0.889 bits per heavy atom. The van der Waals surface area contributed by atoms with Crippen LogP contribution in [0.25, 0.3) is 10.9 Å². The lowest BCUT2D eigenvalue weighted by atomic mass is 10.2.